The van der Waals surface area contributed by atoms with Gasteiger partial charge in [-0.25, -0.2) is 4.39 Å². The maximum Gasteiger partial charge on any atom is 0.191 e. The van der Waals surface area contributed by atoms with Crippen molar-refractivity contribution in [1.82, 2.24) is 10.6 Å². The van der Waals surface area contributed by atoms with Crippen LogP contribution in [0.1, 0.15) is 41.2 Å². The predicted molar refractivity (Wildman–Crippen MR) is 106 cm³/mol. The predicted octanol–water partition coefficient (Wildman–Crippen LogP) is 4.39. The van der Waals surface area contributed by atoms with Crippen LogP contribution in [0.15, 0.2) is 33.7 Å². The fourth-order valence-electron chi connectivity index (χ4n) is 2.40. The van der Waals surface area contributed by atoms with Crippen LogP contribution in [0.3, 0.4) is 0 Å². The third kappa shape index (κ3) is 5.22. The van der Waals surface area contributed by atoms with Crippen molar-refractivity contribution in [3.63, 3.8) is 0 Å². The molecule has 0 saturated carbocycles. The third-order valence-corrected chi connectivity index (χ3v) is 3.86. The molecule has 0 aliphatic heterocycles. The summed E-state index contributed by atoms with van der Waals surface area (Å²) in [5.41, 5.74) is 2.63. The van der Waals surface area contributed by atoms with Gasteiger partial charge in [-0.3, -0.25) is 4.99 Å². The summed E-state index contributed by atoms with van der Waals surface area (Å²) in [6.07, 6.45) is 0. The van der Waals surface area contributed by atoms with E-state index in [2.05, 4.69) is 15.6 Å². The maximum atomic E-state index is 13.7. The normalized spacial score (nSPS) is 12.5. The van der Waals surface area contributed by atoms with Crippen LogP contribution in [-0.2, 0) is 6.54 Å². The molecule has 0 aliphatic carbocycles. The largest absolute Gasteiger partial charge is 0.466 e. The van der Waals surface area contributed by atoms with Crippen LogP contribution in [-0.4, -0.2) is 13.0 Å². The van der Waals surface area contributed by atoms with Gasteiger partial charge in [0.1, 0.15) is 17.3 Å². The molecular weight excluding hydrogens is 420 g/mol. The molecule has 0 amide bonds. The van der Waals surface area contributed by atoms with Gasteiger partial charge in [0.2, 0.25) is 0 Å². The van der Waals surface area contributed by atoms with Crippen LogP contribution in [0.25, 0.3) is 0 Å². The number of halogens is 2. The Morgan fingerprint density at radius 1 is 1.25 bits per heavy atom. The van der Waals surface area contributed by atoms with Gasteiger partial charge in [-0.1, -0.05) is 12.1 Å². The van der Waals surface area contributed by atoms with E-state index in [9.17, 15) is 4.39 Å². The van der Waals surface area contributed by atoms with E-state index in [1.807, 2.05) is 32.9 Å². The number of furan rings is 1. The lowest BCUT2D eigenvalue weighted by Crippen LogP contribution is -2.38. The number of hydrogen-bond donors (Lipinski definition) is 2. The molecule has 0 fully saturated rings. The van der Waals surface area contributed by atoms with Gasteiger partial charge in [0.05, 0.1) is 6.04 Å². The zero-order valence-corrected chi connectivity index (χ0v) is 17.1. The minimum atomic E-state index is -0.191. The quantitative estimate of drug-likeness (QED) is 0.417. The average Bonchev–Trinajstić information content (AvgIpc) is 2.83. The molecule has 6 heteroatoms. The second-order valence-corrected chi connectivity index (χ2v) is 5.74. The van der Waals surface area contributed by atoms with Gasteiger partial charge < -0.3 is 15.1 Å². The van der Waals surface area contributed by atoms with E-state index in [0.29, 0.717) is 18.1 Å². The molecule has 132 valence electrons. The Hall–Kier alpha value is -1.57. The lowest BCUT2D eigenvalue weighted by atomic mass is 10.1. The van der Waals surface area contributed by atoms with E-state index in [1.165, 1.54) is 0 Å². The topological polar surface area (TPSA) is 49.6 Å². The Bertz CT molecular complexity index is 712. The molecule has 1 heterocycles. The van der Waals surface area contributed by atoms with Crippen LogP contribution in [0.2, 0.25) is 0 Å². The summed E-state index contributed by atoms with van der Waals surface area (Å²) in [5, 5.41) is 6.52. The standard InChI is InChI=1S/C18H24FN3O.HI/c1-11-6-7-15(9-17(11)19)13(3)22-18(20-5)21-10-16-8-12(2)23-14(16)4;/h6-9,13H,10H2,1-5H3,(H2,20,21,22);1H. The van der Waals surface area contributed by atoms with Gasteiger partial charge in [-0.15, -0.1) is 24.0 Å². The van der Waals surface area contributed by atoms with Gasteiger partial charge in [0, 0.05) is 19.2 Å². The van der Waals surface area contributed by atoms with E-state index in [4.69, 9.17) is 4.42 Å². The average molecular weight is 445 g/mol. The molecular formula is C18H25FIN3O. The molecule has 0 spiro atoms. The number of rotatable bonds is 4. The molecule has 4 nitrogen and oxygen atoms in total. The first-order valence-electron chi connectivity index (χ1n) is 7.70. The first-order chi connectivity index (χ1) is 10.9. The molecule has 2 N–H and O–H groups in total. The second kappa shape index (κ2) is 9.05. The van der Waals surface area contributed by atoms with E-state index < -0.39 is 0 Å². The summed E-state index contributed by atoms with van der Waals surface area (Å²) in [6, 6.07) is 7.23. The van der Waals surface area contributed by atoms with E-state index in [0.717, 1.165) is 22.6 Å². The second-order valence-electron chi connectivity index (χ2n) is 5.74. The molecule has 1 aromatic heterocycles. The van der Waals surface area contributed by atoms with Crippen molar-refractivity contribution >= 4 is 29.9 Å². The fraction of sp³-hybridized carbons (Fsp3) is 0.389. The number of hydrogen-bond acceptors (Lipinski definition) is 2. The highest BCUT2D eigenvalue weighted by atomic mass is 127. The monoisotopic (exact) mass is 445 g/mol. The Morgan fingerprint density at radius 3 is 2.50 bits per heavy atom. The molecule has 2 rings (SSSR count). The van der Waals surface area contributed by atoms with E-state index >= 15 is 0 Å². The summed E-state index contributed by atoms with van der Waals surface area (Å²) < 4.78 is 19.2. The van der Waals surface area contributed by atoms with Crippen LogP contribution in [0.5, 0.6) is 0 Å². The third-order valence-electron chi connectivity index (χ3n) is 3.86. The summed E-state index contributed by atoms with van der Waals surface area (Å²) in [7, 11) is 1.71. The lowest BCUT2D eigenvalue weighted by molar-refractivity contribution is 0.500. The van der Waals surface area contributed by atoms with Crippen molar-refractivity contribution in [2.75, 3.05) is 7.05 Å². The Labute approximate surface area is 160 Å². The van der Waals surface area contributed by atoms with Crippen LogP contribution in [0.4, 0.5) is 4.39 Å². The van der Waals surface area contributed by atoms with Crippen molar-refractivity contribution < 1.29 is 8.81 Å². The smallest absolute Gasteiger partial charge is 0.191 e. The summed E-state index contributed by atoms with van der Waals surface area (Å²) in [4.78, 5) is 4.22. The fourth-order valence-corrected chi connectivity index (χ4v) is 2.40. The highest BCUT2D eigenvalue weighted by molar-refractivity contribution is 14.0. The highest BCUT2D eigenvalue weighted by Gasteiger charge is 2.11. The minimum absolute atomic E-state index is 0. The molecule has 0 radical (unpaired) electrons. The summed E-state index contributed by atoms with van der Waals surface area (Å²) >= 11 is 0. The van der Waals surface area contributed by atoms with E-state index in [1.54, 1.807) is 26.1 Å². The summed E-state index contributed by atoms with van der Waals surface area (Å²) in [5.74, 6) is 2.27. The van der Waals surface area contributed by atoms with Crippen molar-refractivity contribution in [1.29, 1.82) is 0 Å². The first kappa shape index (κ1) is 20.5. The van der Waals surface area contributed by atoms with Gasteiger partial charge in [-0.2, -0.15) is 0 Å². The van der Waals surface area contributed by atoms with Gasteiger partial charge >= 0.3 is 0 Å². The Kier molecular flexibility index (Phi) is 7.72. The van der Waals surface area contributed by atoms with E-state index in [-0.39, 0.29) is 35.8 Å². The zero-order chi connectivity index (χ0) is 17.0. The van der Waals surface area contributed by atoms with Crippen molar-refractivity contribution in [3.05, 3.63) is 58.3 Å². The molecule has 1 atom stereocenters. The molecule has 0 saturated heterocycles. The van der Waals surface area contributed by atoms with Crippen LogP contribution in [0, 0.1) is 26.6 Å². The molecule has 2 aromatic rings. The number of aryl methyl sites for hydroxylation is 3. The molecule has 24 heavy (non-hydrogen) atoms. The molecule has 0 bridgehead atoms. The SMILES string of the molecule is CN=C(NCc1cc(C)oc1C)NC(C)c1ccc(C)c(F)c1.I. The molecule has 1 aromatic carbocycles. The summed E-state index contributed by atoms with van der Waals surface area (Å²) in [6.45, 7) is 8.23. The highest BCUT2D eigenvalue weighted by Crippen LogP contribution is 2.16. The Balaban J connectivity index is 0.00000288. The number of benzene rings is 1. The number of nitrogens with one attached hydrogen (secondary N) is 2. The zero-order valence-electron chi connectivity index (χ0n) is 14.7. The van der Waals surface area contributed by atoms with Crippen molar-refractivity contribution in [2.24, 2.45) is 4.99 Å². The number of guanidine groups is 1. The van der Waals surface area contributed by atoms with Crippen molar-refractivity contribution in [2.45, 2.75) is 40.3 Å². The van der Waals surface area contributed by atoms with Gasteiger partial charge in [0.25, 0.3) is 0 Å². The number of aliphatic imine (C=N–C) groups is 1. The van der Waals surface area contributed by atoms with Gasteiger partial charge in [-0.05, 0) is 51.0 Å². The van der Waals surface area contributed by atoms with Crippen LogP contribution < -0.4 is 10.6 Å². The lowest BCUT2D eigenvalue weighted by Gasteiger charge is -2.18. The number of nitrogens with zero attached hydrogens (tertiary/aromatic N) is 1. The van der Waals surface area contributed by atoms with Crippen LogP contribution >= 0.6 is 24.0 Å². The molecule has 0 aliphatic rings. The van der Waals surface area contributed by atoms with Crippen molar-refractivity contribution in [3.8, 4) is 0 Å². The van der Waals surface area contributed by atoms with Gasteiger partial charge in [0.15, 0.2) is 5.96 Å². The Morgan fingerprint density at radius 2 is 1.96 bits per heavy atom. The molecule has 1 unspecified atom stereocenters. The minimum Gasteiger partial charge on any atom is -0.466 e. The maximum absolute atomic E-state index is 13.7. The first-order valence-corrected chi connectivity index (χ1v) is 7.70.